The van der Waals surface area contributed by atoms with Gasteiger partial charge < -0.3 is 4.90 Å². The predicted octanol–water partition coefficient (Wildman–Crippen LogP) is 3.48. The fourth-order valence-electron chi connectivity index (χ4n) is 3.54. The number of amides is 1. The number of carbonyl (C=O) groups is 2. The normalized spacial score (nSPS) is 25.7. The molecule has 1 spiro atoms. The summed E-state index contributed by atoms with van der Waals surface area (Å²) in [7, 11) is 0. The molecule has 1 unspecified atom stereocenters. The van der Waals surface area contributed by atoms with Crippen molar-refractivity contribution in [1.82, 2.24) is 0 Å². The lowest BCUT2D eigenvalue weighted by Crippen LogP contribution is -2.49. The van der Waals surface area contributed by atoms with E-state index in [-0.39, 0.29) is 17.7 Å². The fourth-order valence-corrected chi connectivity index (χ4v) is 3.71. The molecule has 1 aromatic carbocycles. The molecule has 1 amide bonds. The SMILES string of the molecule is CC(C)N1C(=O)C2(CCCCC2=O)c2cc(Cl)ccc21. The van der Waals surface area contributed by atoms with Crippen LogP contribution in [0.2, 0.25) is 5.02 Å². The summed E-state index contributed by atoms with van der Waals surface area (Å²) in [6.07, 6.45) is 2.89. The van der Waals surface area contributed by atoms with E-state index in [1.54, 1.807) is 17.0 Å². The second-order valence-electron chi connectivity index (χ2n) is 5.97. The van der Waals surface area contributed by atoms with Gasteiger partial charge in [0, 0.05) is 28.7 Å². The molecule has 2 aliphatic rings. The van der Waals surface area contributed by atoms with Crippen LogP contribution in [0.3, 0.4) is 0 Å². The first-order valence-electron chi connectivity index (χ1n) is 7.15. The van der Waals surface area contributed by atoms with Crippen LogP contribution in [0.4, 0.5) is 5.69 Å². The molecule has 3 rings (SSSR count). The summed E-state index contributed by atoms with van der Waals surface area (Å²) in [6.45, 7) is 3.95. The van der Waals surface area contributed by atoms with Crippen LogP contribution in [0.15, 0.2) is 18.2 Å². The van der Waals surface area contributed by atoms with E-state index < -0.39 is 5.41 Å². The highest BCUT2D eigenvalue weighted by atomic mass is 35.5. The van der Waals surface area contributed by atoms with Gasteiger partial charge in [-0.1, -0.05) is 18.0 Å². The average Bonchev–Trinajstić information content (AvgIpc) is 2.63. The van der Waals surface area contributed by atoms with Crippen LogP contribution in [-0.4, -0.2) is 17.7 Å². The van der Waals surface area contributed by atoms with Crippen LogP contribution >= 0.6 is 11.6 Å². The Bertz CT molecular complexity index is 596. The molecule has 1 aliphatic carbocycles. The van der Waals surface area contributed by atoms with Gasteiger partial charge in [0.15, 0.2) is 5.78 Å². The Morgan fingerprint density at radius 3 is 2.65 bits per heavy atom. The fraction of sp³-hybridized carbons (Fsp3) is 0.500. The molecule has 0 aromatic heterocycles. The van der Waals surface area contributed by atoms with Crippen molar-refractivity contribution in [2.75, 3.05) is 4.90 Å². The van der Waals surface area contributed by atoms with Gasteiger partial charge in [-0.15, -0.1) is 0 Å². The first kappa shape index (κ1) is 13.6. The Morgan fingerprint density at radius 2 is 2.00 bits per heavy atom. The molecule has 1 heterocycles. The number of carbonyl (C=O) groups excluding carboxylic acids is 2. The first-order valence-corrected chi connectivity index (χ1v) is 7.53. The Hall–Kier alpha value is -1.35. The van der Waals surface area contributed by atoms with Crippen molar-refractivity contribution in [3.63, 3.8) is 0 Å². The molecule has 106 valence electrons. The van der Waals surface area contributed by atoms with Gasteiger partial charge in [0.2, 0.25) is 5.91 Å². The van der Waals surface area contributed by atoms with Crippen LogP contribution in [0.25, 0.3) is 0 Å². The Kier molecular flexibility index (Phi) is 3.13. The molecule has 0 bridgehead atoms. The van der Waals surface area contributed by atoms with E-state index in [9.17, 15) is 9.59 Å². The Morgan fingerprint density at radius 1 is 1.25 bits per heavy atom. The molecular weight excluding hydrogens is 274 g/mol. The minimum absolute atomic E-state index is 0.0385. The third-order valence-corrected chi connectivity index (χ3v) is 4.69. The number of Topliss-reactive ketones (excluding diaryl/α,β-unsaturated/α-hetero) is 1. The van der Waals surface area contributed by atoms with Crippen molar-refractivity contribution in [2.45, 2.75) is 51.0 Å². The Balaban J connectivity index is 2.25. The van der Waals surface area contributed by atoms with Crippen molar-refractivity contribution in [1.29, 1.82) is 0 Å². The molecular formula is C16H18ClNO2. The van der Waals surface area contributed by atoms with Crippen molar-refractivity contribution in [3.05, 3.63) is 28.8 Å². The summed E-state index contributed by atoms with van der Waals surface area (Å²) in [5.74, 6) is -0.00474. The topological polar surface area (TPSA) is 37.4 Å². The number of nitrogens with zero attached hydrogens (tertiary/aromatic N) is 1. The number of fused-ring (bicyclic) bond motifs is 2. The van der Waals surface area contributed by atoms with Crippen molar-refractivity contribution < 1.29 is 9.59 Å². The number of hydrogen-bond donors (Lipinski definition) is 0. The summed E-state index contributed by atoms with van der Waals surface area (Å²) in [5.41, 5.74) is 0.695. The third-order valence-electron chi connectivity index (χ3n) is 4.46. The minimum Gasteiger partial charge on any atom is -0.308 e. The molecule has 0 radical (unpaired) electrons. The molecule has 4 heteroatoms. The lowest BCUT2D eigenvalue weighted by Gasteiger charge is -2.31. The van der Waals surface area contributed by atoms with Crippen LogP contribution in [-0.2, 0) is 15.0 Å². The lowest BCUT2D eigenvalue weighted by atomic mass is 9.69. The standard InChI is InChI=1S/C16H18ClNO2/c1-10(2)18-13-7-6-11(17)9-12(13)16(15(18)20)8-4-3-5-14(16)19/h6-7,9-10H,3-5,8H2,1-2H3. The van der Waals surface area contributed by atoms with E-state index >= 15 is 0 Å². The maximum absolute atomic E-state index is 13.0. The van der Waals surface area contributed by atoms with Crippen LogP contribution in [0, 0.1) is 0 Å². The lowest BCUT2D eigenvalue weighted by molar-refractivity contribution is -0.136. The number of rotatable bonds is 1. The summed E-state index contributed by atoms with van der Waals surface area (Å²) >= 11 is 6.11. The summed E-state index contributed by atoms with van der Waals surface area (Å²) in [5, 5.41) is 0.583. The number of benzene rings is 1. The first-order chi connectivity index (χ1) is 9.48. The Labute approximate surface area is 123 Å². The van der Waals surface area contributed by atoms with Gasteiger partial charge in [-0.05, 0) is 44.9 Å². The highest BCUT2D eigenvalue weighted by Gasteiger charge is 2.56. The van der Waals surface area contributed by atoms with E-state index in [0.717, 1.165) is 24.1 Å². The van der Waals surface area contributed by atoms with Gasteiger partial charge in [-0.25, -0.2) is 0 Å². The minimum atomic E-state index is -0.969. The maximum atomic E-state index is 13.0. The third kappa shape index (κ3) is 1.65. The quantitative estimate of drug-likeness (QED) is 0.743. The number of halogens is 1. The second-order valence-corrected chi connectivity index (χ2v) is 6.40. The van der Waals surface area contributed by atoms with Gasteiger partial charge >= 0.3 is 0 Å². The molecule has 1 fully saturated rings. The van der Waals surface area contributed by atoms with Gasteiger partial charge in [0.1, 0.15) is 5.41 Å². The molecule has 3 nitrogen and oxygen atoms in total. The highest BCUT2D eigenvalue weighted by Crippen LogP contribution is 2.49. The largest absolute Gasteiger partial charge is 0.308 e. The zero-order chi connectivity index (χ0) is 14.5. The van der Waals surface area contributed by atoms with E-state index in [2.05, 4.69) is 0 Å². The smallest absolute Gasteiger partial charge is 0.245 e. The van der Waals surface area contributed by atoms with Gasteiger partial charge in [-0.3, -0.25) is 9.59 Å². The van der Waals surface area contributed by atoms with Gasteiger partial charge in [0.05, 0.1) is 0 Å². The molecule has 1 aromatic rings. The van der Waals surface area contributed by atoms with Gasteiger partial charge in [0.25, 0.3) is 0 Å². The maximum Gasteiger partial charge on any atom is 0.245 e. The number of hydrogen-bond acceptors (Lipinski definition) is 2. The average molecular weight is 292 g/mol. The highest BCUT2D eigenvalue weighted by molar-refractivity contribution is 6.31. The molecule has 0 saturated heterocycles. The summed E-state index contributed by atoms with van der Waals surface area (Å²) in [4.78, 5) is 27.3. The van der Waals surface area contributed by atoms with Crippen LogP contribution in [0.1, 0.15) is 45.1 Å². The number of ketones is 1. The molecule has 1 aliphatic heterocycles. The van der Waals surface area contributed by atoms with E-state index in [1.165, 1.54) is 0 Å². The molecule has 1 atom stereocenters. The molecule has 1 saturated carbocycles. The zero-order valence-electron chi connectivity index (χ0n) is 11.8. The van der Waals surface area contributed by atoms with Crippen molar-refractivity contribution in [3.8, 4) is 0 Å². The molecule has 0 N–H and O–H groups in total. The second kappa shape index (κ2) is 4.59. The zero-order valence-corrected chi connectivity index (χ0v) is 12.5. The predicted molar refractivity (Wildman–Crippen MR) is 79.2 cm³/mol. The molecule has 20 heavy (non-hydrogen) atoms. The van der Waals surface area contributed by atoms with Crippen molar-refractivity contribution in [2.24, 2.45) is 0 Å². The number of anilines is 1. The van der Waals surface area contributed by atoms with E-state index in [0.29, 0.717) is 17.9 Å². The summed E-state index contributed by atoms with van der Waals surface area (Å²) in [6, 6.07) is 5.50. The monoisotopic (exact) mass is 291 g/mol. The van der Waals surface area contributed by atoms with E-state index in [1.807, 2.05) is 19.9 Å². The van der Waals surface area contributed by atoms with Gasteiger partial charge in [-0.2, -0.15) is 0 Å². The van der Waals surface area contributed by atoms with Crippen molar-refractivity contribution >= 4 is 29.0 Å². The summed E-state index contributed by atoms with van der Waals surface area (Å²) < 4.78 is 0. The van der Waals surface area contributed by atoms with E-state index in [4.69, 9.17) is 11.6 Å². The van der Waals surface area contributed by atoms with Crippen LogP contribution in [0.5, 0.6) is 0 Å². The van der Waals surface area contributed by atoms with Crippen LogP contribution < -0.4 is 4.90 Å².